The van der Waals surface area contributed by atoms with Crippen LogP contribution in [-0.4, -0.2) is 69.5 Å². The molecule has 8 heteroatoms. The maximum absolute atomic E-state index is 5.73. The molecule has 2 saturated heterocycles. The first-order chi connectivity index (χ1) is 14.3. The minimum Gasteiger partial charge on any atom is -0.379 e. The summed E-state index contributed by atoms with van der Waals surface area (Å²) in [6.45, 7) is 10.7. The van der Waals surface area contributed by atoms with Crippen molar-refractivity contribution >= 4 is 41.3 Å². The van der Waals surface area contributed by atoms with Crippen LogP contribution in [0, 0.1) is 5.92 Å². The summed E-state index contributed by atoms with van der Waals surface area (Å²) in [6, 6.07) is 4.38. The molecule has 0 saturated carbocycles. The molecule has 0 aliphatic carbocycles. The van der Waals surface area contributed by atoms with Gasteiger partial charge in [0, 0.05) is 44.3 Å². The lowest BCUT2D eigenvalue weighted by molar-refractivity contribution is 0.0168. The van der Waals surface area contributed by atoms with Gasteiger partial charge in [0.2, 0.25) is 0 Å². The lowest BCUT2D eigenvalue weighted by atomic mass is 9.97. The summed E-state index contributed by atoms with van der Waals surface area (Å²) in [5, 5.41) is 8.98. The van der Waals surface area contributed by atoms with Crippen molar-refractivity contribution in [2.24, 2.45) is 10.9 Å². The number of rotatable bonds is 11. The maximum Gasteiger partial charge on any atom is 0.191 e. The summed E-state index contributed by atoms with van der Waals surface area (Å²) in [5.74, 6) is 1.63. The molecular formula is C22H39IN4O2S. The molecule has 2 N–H and O–H groups in total. The lowest BCUT2D eigenvalue weighted by Crippen LogP contribution is -2.39. The predicted molar refractivity (Wildman–Crippen MR) is 136 cm³/mol. The average Bonchev–Trinajstić information content (AvgIpc) is 3.44. The quantitative estimate of drug-likeness (QED) is 0.191. The van der Waals surface area contributed by atoms with Crippen LogP contribution in [0.1, 0.15) is 43.9 Å². The van der Waals surface area contributed by atoms with Gasteiger partial charge in [-0.3, -0.25) is 9.89 Å². The summed E-state index contributed by atoms with van der Waals surface area (Å²) in [6.07, 6.45) is 6.10. The molecule has 1 atom stereocenters. The second kappa shape index (κ2) is 15.4. The van der Waals surface area contributed by atoms with Crippen molar-refractivity contribution in [1.29, 1.82) is 0 Å². The Morgan fingerprint density at radius 2 is 2.17 bits per heavy atom. The van der Waals surface area contributed by atoms with Crippen LogP contribution in [0.4, 0.5) is 0 Å². The highest BCUT2D eigenvalue weighted by Gasteiger charge is 2.19. The molecule has 1 aromatic rings. The van der Waals surface area contributed by atoms with Crippen LogP contribution in [0.2, 0.25) is 0 Å². The minimum atomic E-state index is 0. The zero-order chi connectivity index (χ0) is 20.2. The van der Waals surface area contributed by atoms with E-state index in [0.717, 1.165) is 64.8 Å². The Balaban J connectivity index is 0.00000320. The fourth-order valence-electron chi connectivity index (χ4n) is 3.88. The number of halogens is 1. The Labute approximate surface area is 203 Å². The van der Waals surface area contributed by atoms with E-state index >= 15 is 0 Å². The molecule has 0 amide bonds. The first-order valence-electron chi connectivity index (χ1n) is 11.3. The van der Waals surface area contributed by atoms with Gasteiger partial charge in [0.15, 0.2) is 5.96 Å². The van der Waals surface area contributed by atoms with Gasteiger partial charge in [-0.05, 0) is 69.5 Å². The smallest absolute Gasteiger partial charge is 0.191 e. The number of nitrogens with one attached hydrogen (secondary N) is 2. The zero-order valence-corrected chi connectivity index (χ0v) is 21.5. The van der Waals surface area contributed by atoms with E-state index in [1.807, 2.05) is 11.3 Å². The Morgan fingerprint density at radius 1 is 1.30 bits per heavy atom. The minimum absolute atomic E-state index is 0. The lowest BCUT2D eigenvalue weighted by Gasteiger charge is -2.31. The largest absolute Gasteiger partial charge is 0.379 e. The van der Waals surface area contributed by atoms with E-state index in [1.165, 1.54) is 37.2 Å². The van der Waals surface area contributed by atoms with Crippen molar-refractivity contribution in [2.45, 2.75) is 51.7 Å². The van der Waals surface area contributed by atoms with Gasteiger partial charge in [0.25, 0.3) is 0 Å². The Bertz CT molecular complexity index is 574. The number of hydrogen-bond donors (Lipinski definition) is 2. The highest BCUT2D eigenvalue weighted by atomic mass is 127. The van der Waals surface area contributed by atoms with Gasteiger partial charge >= 0.3 is 0 Å². The van der Waals surface area contributed by atoms with Gasteiger partial charge in [-0.1, -0.05) is 6.07 Å². The Hall–Kier alpha value is -0.420. The van der Waals surface area contributed by atoms with Crippen molar-refractivity contribution in [1.82, 2.24) is 15.5 Å². The van der Waals surface area contributed by atoms with Crippen LogP contribution in [0.25, 0.3) is 0 Å². The third kappa shape index (κ3) is 9.80. The van der Waals surface area contributed by atoms with Crippen LogP contribution in [0.3, 0.4) is 0 Å². The molecule has 2 fully saturated rings. The molecule has 6 nitrogen and oxygen atoms in total. The summed E-state index contributed by atoms with van der Waals surface area (Å²) in [7, 11) is 0. The molecule has 0 radical (unpaired) electrons. The highest BCUT2D eigenvalue weighted by Crippen LogP contribution is 2.20. The zero-order valence-electron chi connectivity index (χ0n) is 18.3. The number of ether oxygens (including phenoxy) is 2. The molecule has 2 aliphatic heterocycles. The first kappa shape index (κ1) is 25.8. The molecule has 0 aromatic carbocycles. The number of likely N-dealkylation sites (tertiary alicyclic amines) is 1. The van der Waals surface area contributed by atoms with E-state index < -0.39 is 0 Å². The molecule has 1 unspecified atom stereocenters. The molecular weight excluding hydrogens is 511 g/mol. The molecule has 2 aliphatic rings. The van der Waals surface area contributed by atoms with Crippen molar-refractivity contribution in [2.75, 3.05) is 52.5 Å². The summed E-state index contributed by atoms with van der Waals surface area (Å²) >= 11 is 1.86. The van der Waals surface area contributed by atoms with Crippen molar-refractivity contribution < 1.29 is 9.47 Å². The molecule has 0 spiro atoms. The molecule has 3 rings (SSSR count). The van der Waals surface area contributed by atoms with Crippen molar-refractivity contribution in [3.63, 3.8) is 0 Å². The van der Waals surface area contributed by atoms with E-state index in [2.05, 4.69) is 40.0 Å². The average molecular weight is 551 g/mol. The third-order valence-corrected chi connectivity index (χ3v) is 6.47. The number of piperidine rings is 1. The predicted octanol–water partition coefficient (Wildman–Crippen LogP) is 3.72. The fourth-order valence-corrected chi connectivity index (χ4v) is 4.63. The Kier molecular flexibility index (Phi) is 13.3. The van der Waals surface area contributed by atoms with Gasteiger partial charge in [0.05, 0.1) is 12.7 Å². The SMILES string of the molecule is CCNC(=NCC1CCN(Cc2cccs2)CC1)NCCCOCC1CCCO1.I. The first-order valence-corrected chi connectivity index (χ1v) is 12.2. The van der Waals surface area contributed by atoms with Gasteiger partial charge in [-0.25, -0.2) is 0 Å². The van der Waals surface area contributed by atoms with Gasteiger partial charge in [-0.15, -0.1) is 35.3 Å². The van der Waals surface area contributed by atoms with E-state index in [4.69, 9.17) is 14.5 Å². The number of nitrogens with zero attached hydrogens (tertiary/aromatic N) is 2. The van der Waals surface area contributed by atoms with Crippen LogP contribution in [-0.2, 0) is 16.0 Å². The number of guanidine groups is 1. The molecule has 3 heterocycles. The summed E-state index contributed by atoms with van der Waals surface area (Å²) in [5.41, 5.74) is 0. The van der Waals surface area contributed by atoms with Gasteiger partial charge < -0.3 is 20.1 Å². The van der Waals surface area contributed by atoms with Crippen LogP contribution in [0.5, 0.6) is 0 Å². The topological polar surface area (TPSA) is 58.1 Å². The van der Waals surface area contributed by atoms with Crippen LogP contribution >= 0.6 is 35.3 Å². The highest BCUT2D eigenvalue weighted by molar-refractivity contribution is 14.0. The summed E-state index contributed by atoms with van der Waals surface area (Å²) in [4.78, 5) is 8.88. The van der Waals surface area contributed by atoms with Gasteiger partial charge in [0.1, 0.15) is 0 Å². The normalized spacial score (nSPS) is 20.8. The van der Waals surface area contributed by atoms with E-state index in [1.54, 1.807) is 0 Å². The second-order valence-electron chi connectivity index (χ2n) is 8.01. The number of thiophene rings is 1. The van der Waals surface area contributed by atoms with E-state index in [9.17, 15) is 0 Å². The molecule has 1 aromatic heterocycles. The van der Waals surface area contributed by atoms with Crippen LogP contribution in [0.15, 0.2) is 22.5 Å². The third-order valence-electron chi connectivity index (χ3n) is 5.60. The van der Waals surface area contributed by atoms with Gasteiger partial charge in [-0.2, -0.15) is 0 Å². The molecule has 172 valence electrons. The fraction of sp³-hybridized carbons (Fsp3) is 0.773. The van der Waals surface area contributed by atoms with Crippen molar-refractivity contribution in [3.8, 4) is 0 Å². The number of hydrogen-bond acceptors (Lipinski definition) is 5. The maximum atomic E-state index is 5.73. The second-order valence-corrected chi connectivity index (χ2v) is 9.04. The molecule has 30 heavy (non-hydrogen) atoms. The number of aliphatic imine (C=N–C) groups is 1. The van der Waals surface area contributed by atoms with Crippen LogP contribution < -0.4 is 10.6 Å². The Morgan fingerprint density at radius 3 is 2.87 bits per heavy atom. The summed E-state index contributed by atoms with van der Waals surface area (Å²) < 4.78 is 11.3. The van der Waals surface area contributed by atoms with E-state index in [-0.39, 0.29) is 24.0 Å². The molecule has 0 bridgehead atoms. The standard InChI is InChI=1S/C22H38N4O2S.HI/c1-2-23-22(24-10-5-13-27-18-20-6-3-14-28-20)25-16-19-8-11-26(12-9-19)17-21-7-4-15-29-21;/h4,7,15,19-20H,2-3,5-6,8-14,16-18H2,1H3,(H2,23,24,25);1H. The van der Waals surface area contributed by atoms with Crippen molar-refractivity contribution in [3.05, 3.63) is 22.4 Å². The monoisotopic (exact) mass is 550 g/mol. The van der Waals surface area contributed by atoms with E-state index in [0.29, 0.717) is 12.0 Å².